The molecular weight excluding hydrogens is 164 g/mol. The van der Waals surface area contributed by atoms with E-state index in [1.165, 1.54) is 0 Å². The van der Waals surface area contributed by atoms with Gasteiger partial charge in [-0.15, -0.1) is 0 Å². The smallest absolute Gasteiger partial charge is 0.211 e. The molecule has 0 spiro atoms. The van der Waals surface area contributed by atoms with Gasteiger partial charge in [0.2, 0.25) is 10.0 Å². The van der Waals surface area contributed by atoms with Gasteiger partial charge >= 0.3 is 0 Å². The minimum Gasteiger partial charge on any atom is -0.330 e. The summed E-state index contributed by atoms with van der Waals surface area (Å²) in [6.07, 6.45) is 1.35. The molecule has 0 amide bonds. The Morgan fingerprint density at radius 1 is 1.45 bits per heavy atom. The molecule has 0 aliphatic carbocycles. The molecule has 0 aromatic carbocycles. The van der Waals surface area contributed by atoms with Crippen LogP contribution in [0, 0.1) is 0 Å². The molecule has 0 fully saturated rings. The van der Waals surface area contributed by atoms with Crippen molar-refractivity contribution in [1.29, 1.82) is 0 Å². The number of nitrogens with two attached hydrogens (primary N) is 1. The summed E-state index contributed by atoms with van der Waals surface area (Å²) in [5.74, 6) is 0.142. The maximum atomic E-state index is 11.0. The molecule has 0 bridgehead atoms. The number of hydrogen-bond acceptors (Lipinski definition) is 3. The second-order valence-corrected chi connectivity index (χ2v) is 4.28. The van der Waals surface area contributed by atoms with Gasteiger partial charge < -0.3 is 5.73 Å². The average molecular weight is 180 g/mol. The Morgan fingerprint density at radius 3 is 2.55 bits per heavy atom. The first-order valence-electron chi connectivity index (χ1n) is 3.80. The molecular formula is C6H16N2O2S. The molecule has 0 aromatic rings. The van der Waals surface area contributed by atoms with Crippen LogP contribution in [0.2, 0.25) is 0 Å². The van der Waals surface area contributed by atoms with Crippen molar-refractivity contribution in [3.8, 4) is 0 Å². The van der Waals surface area contributed by atoms with Crippen molar-refractivity contribution in [3.05, 3.63) is 0 Å². The lowest BCUT2D eigenvalue weighted by Crippen LogP contribution is -2.27. The summed E-state index contributed by atoms with van der Waals surface area (Å²) in [4.78, 5) is 0. The number of nitrogens with one attached hydrogen (secondary N) is 1. The van der Waals surface area contributed by atoms with Gasteiger partial charge in [-0.1, -0.05) is 6.92 Å². The van der Waals surface area contributed by atoms with Gasteiger partial charge in [0.25, 0.3) is 0 Å². The fraction of sp³-hybridized carbons (Fsp3) is 1.00. The van der Waals surface area contributed by atoms with Gasteiger partial charge in [-0.05, 0) is 19.4 Å². The first-order chi connectivity index (χ1) is 5.12. The van der Waals surface area contributed by atoms with Crippen LogP contribution in [-0.2, 0) is 10.0 Å². The predicted octanol–water partition coefficient (Wildman–Crippen LogP) is -0.335. The van der Waals surface area contributed by atoms with Crippen molar-refractivity contribution in [1.82, 2.24) is 4.72 Å². The van der Waals surface area contributed by atoms with Gasteiger partial charge in [-0.3, -0.25) is 0 Å². The van der Waals surface area contributed by atoms with Crippen molar-refractivity contribution < 1.29 is 8.42 Å². The van der Waals surface area contributed by atoms with Gasteiger partial charge in [-0.2, -0.15) is 0 Å². The molecule has 0 atom stereocenters. The highest BCUT2D eigenvalue weighted by Gasteiger charge is 2.06. The van der Waals surface area contributed by atoms with E-state index in [4.69, 9.17) is 5.73 Å². The van der Waals surface area contributed by atoms with E-state index in [1.54, 1.807) is 0 Å². The predicted molar refractivity (Wildman–Crippen MR) is 45.8 cm³/mol. The lowest BCUT2D eigenvalue weighted by Gasteiger charge is -2.03. The lowest BCUT2D eigenvalue weighted by molar-refractivity contribution is 0.578. The van der Waals surface area contributed by atoms with Gasteiger partial charge in [0.15, 0.2) is 0 Å². The average Bonchev–Trinajstić information content (AvgIpc) is 1.97. The third-order valence-corrected chi connectivity index (χ3v) is 2.66. The zero-order valence-electron chi connectivity index (χ0n) is 6.84. The second kappa shape index (κ2) is 5.51. The molecule has 11 heavy (non-hydrogen) atoms. The summed E-state index contributed by atoms with van der Waals surface area (Å²) in [6.45, 7) is 2.87. The van der Waals surface area contributed by atoms with Crippen LogP contribution in [0.25, 0.3) is 0 Å². The molecule has 4 nitrogen and oxygen atoms in total. The summed E-state index contributed by atoms with van der Waals surface area (Å²) < 4.78 is 24.4. The van der Waals surface area contributed by atoms with Crippen LogP contribution < -0.4 is 10.5 Å². The Bertz CT molecular complexity index is 163. The minimum absolute atomic E-state index is 0.142. The van der Waals surface area contributed by atoms with Crippen LogP contribution in [0.1, 0.15) is 19.8 Å². The third kappa shape index (κ3) is 6.28. The van der Waals surface area contributed by atoms with Crippen LogP contribution in [-0.4, -0.2) is 27.3 Å². The number of hydrogen-bond donors (Lipinski definition) is 2. The highest BCUT2D eigenvalue weighted by atomic mass is 32.2. The Kier molecular flexibility index (Phi) is 5.45. The van der Waals surface area contributed by atoms with Gasteiger partial charge in [0.05, 0.1) is 5.75 Å². The second-order valence-electron chi connectivity index (χ2n) is 2.36. The molecule has 0 rings (SSSR count). The van der Waals surface area contributed by atoms with Gasteiger partial charge in [-0.25, -0.2) is 13.1 Å². The zero-order chi connectivity index (χ0) is 8.74. The van der Waals surface area contributed by atoms with Gasteiger partial charge in [0.1, 0.15) is 0 Å². The summed E-state index contributed by atoms with van der Waals surface area (Å²) in [5.41, 5.74) is 5.17. The molecule has 0 aromatic heterocycles. The van der Waals surface area contributed by atoms with Crippen molar-refractivity contribution in [2.45, 2.75) is 19.8 Å². The molecule has 68 valence electrons. The normalized spacial score (nSPS) is 11.8. The minimum atomic E-state index is -3.04. The van der Waals surface area contributed by atoms with Gasteiger partial charge in [0, 0.05) is 6.54 Å². The fourth-order valence-electron chi connectivity index (χ4n) is 0.603. The van der Waals surface area contributed by atoms with Crippen LogP contribution in [0.5, 0.6) is 0 Å². The van der Waals surface area contributed by atoms with Crippen molar-refractivity contribution >= 4 is 10.0 Å². The molecule has 0 heterocycles. The van der Waals surface area contributed by atoms with E-state index in [2.05, 4.69) is 4.72 Å². The topological polar surface area (TPSA) is 72.2 Å². The maximum absolute atomic E-state index is 11.0. The summed E-state index contributed by atoms with van der Waals surface area (Å²) in [7, 11) is -3.04. The molecule has 0 unspecified atom stereocenters. The SMILES string of the molecule is CCCNS(=O)(=O)CCCN. The molecule has 3 N–H and O–H groups in total. The highest BCUT2D eigenvalue weighted by molar-refractivity contribution is 7.89. The molecule has 5 heteroatoms. The van der Waals surface area contributed by atoms with Crippen LogP contribution in [0.15, 0.2) is 0 Å². The van der Waals surface area contributed by atoms with E-state index < -0.39 is 10.0 Å². The largest absolute Gasteiger partial charge is 0.330 e. The van der Waals surface area contributed by atoms with E-state index >= 15 is 0 Å². The summed E-state index contributed by atoms with van der Waals surface area (Å²) in [6, 6.07) is 0. The van der Waals surface area contributed by atoms with Crippen LogP contribution >= 0.6 is 0 Å². The standard InChI is InChI=1S/C6H16N2O2S/c1-2-5-8-11(9,10)6-3-4-7/h8H,2-7H2,1H3. The van der Waals surface area contributed by atoms with E-state index in [-0.39, 0.29) is 5.75 Å². The molecule has 0 saturated carbocycles. The van der Waals surface area contributed by atoms with Crippen molar-refractivity contribution in [2.75, 3.05) is 18.8 Å². The maximum Gasteiger partial charge on any atom is 0.211 e. The molecule has 0 saturated heterocycles. The quantitative estimate of drug-likeness (QED) is 0.587. The van der Waals surface area contributed by atoms with Crippen LogP contribution in [0.4, 0.5) is 0 Å². The Balaban J connectivity index is 3.63. The zero-order valence-corrected chi connectivity index (χ0v) is 7.65. The van der Waals surface area contributed by atoms with E-state index in [9.17, 15) is 8.42 Å². The van der Waals surface area contributed by atoms with E-state index in [0.29, 0.717) is 19.5 Å². The Labute approximate surface area is 68.2 Å². The summed E-state index contributed by atoms with van der Waals surface area (Å²) in [5, 5.41) is 0. The van der Waals surface area contributed by atoms with E-state index in [1.807, 2.05) is 6.92 Å². The Morgan fingerprint density at radius 2 is 2.09 bits per heavy atom. The summed E-state index contributed by atoms with van der Waals surface area (Å²) >= 11 is 0. The number of rotatable bonds is 6. The van der Waals surface area contributed by atoms with Crippen LogP contribution in [0.3, 0.4) is 0 Å². The third-order valence-electron chi connectivity index (χ3n) is 1.19. The first kappa shape index (κ1) is 10.9. The first-order valence-corrected chi connectivity index (χ1v) is 5.45. The molecule has 0 aliphatic heterocycles. The fourth-order valence-corrected chi connectivity index (χ4v) is 1.81. The van der Waals surface area contributed by atoms with E-state index in [0.717, 1.165) is 6.42 Å². The Hall–Kier alpha value is -0.130. The van der Waals surface area contributed by atoms with Crippen molar-refractivity contribution in [3.63, 3.8) is 0 Å². The lowest BCUT2D eigenvalue weighted by atomic mass is 10.5. The monoisotopic (exact) mass is 180 g/mol. The van der Waals surface area contributed by atoms with Crippen molar-refractivity contribution in [2.24, 2.45) is 5.73 Å². The molecule has 0 radical (unpaired) electrons. The number of sulfonamides is 1. The highest BCUT2D eigenvalue weighted by Crippen LogP contribution is 1.87. The molecule has 0 aliphatic rings.